The number of nitrogens with one attached hydrogen (secondary N) is 2. The molecule has 6 nitrogen and oxygen atoms in total. The molecule has 0 radical (unpaired) electrons. The van der Waals surface area contributed by atoms with E-state index >= 15 is 0 Å². The van der Waals surface area contributed by atoms with Crippen molar-refractivity contribution in [2.45, 2.75) is 70.9 Å². The van der Waals surface area contributed by atoms with Gasteiger partial charge in [0.25, 0.3) is 5.91 Å². The fourth-order valence-electron chi connectivity index (χ4n) is 4.76. The van der Waals surface area contributed by atoms with E-state index in [4.69, 9.17) is 0 Å². The molecule has 2 N–H and O–H groups in total. The van der Waals surface area contributed by atoms with Crippen LogP contribution in [0.2, 0.25) is 0 Å². The molecule has 0 spiro atoms. The molecule has 6 heteroatoms. The van der Waals surface area contributed by atoms with Gasteiger partial charge in [0, 0.05) is 19.0 Å². The highest BCUT2D eigenvalue weighted by Gasteiger charge is 2.44. The van der Waals surface area contributed by atoms with Gasteiger partial charge in [-0.05, 0) is 64.2 Å². The van der Waals surface area contributed by atoms with Crippen LogP contribution in [0.15, 0.2) is 0 Å². The summed E-state index contributed by atoms with van der Waals surface area (Å²) in [4.78, 5) is 37.3. The second-order valence-electron chi connectivity index (χ2n) is 8.31. The Morgan fingerprint density at radius 3 is 2.62 bits per heavy atom. The van der Waals surface area contributed by atoms with Gasteiger partial charge in [-0.25, -0.2) is 4.79 Å². The van der Waals surface area contributed by atoms with Crippen molar-refractivity contribution in [1.82, 2.24) is 15.5 Å². The monoisotopic (exact) mass is 335 g/mol. The van der Waals surface area contributed by atoms with Crippen LogP contribution in [0, 0.1) is 17.8 Å². The van der Waals surface area contributed by atoms with Gasteiger partial charge >= 0.3 is 6.03 Å². The fraction of sp³-hybridized carbons (Fsp3) is 0.833. The quantitative estimate of drug-likeness (QED) is 0.729. The number of imide groups is 1. The lowest BCUT2D eigenvalue weighted by molar-refractivity contribution is -0.130. The molecule has 1 aliphatic heterocycles. The van der Waals surface area contributed by atoms with Crippen molar-refractivity contribution in [3.63, 3.8) is 0 Å². The van der Waals surface area contributed by atoms with Crippen molar-refractivity contribution in [3.8, 4) is 0 Å². The molecule has 1 heterocycles. The van der Waals surface area contributed by atoms with Crippen LogP contribution in [-0.2, 0) is 9.59 Å². The van der Waals surface area contributed by atoms with E-state index in [0.717, 1.165) is 11.8 Å². The number of carbonyl (C=O) groups excluding carboxylic acids is 3. The molecule has 2 aliphatic carbocycles. The molecule has 0 aromatic rings. The molecule has 2 bridgehead atoms. The number of amides is 4. The van der Waals surface area contributed by atoms with Crippen LogP contribution in [0.3, 0.4) is 0 Å². The Bertz CT molecular complexity index is 546. The Balaban J connectivity index is 1.40. The Kier molecular flexibility index (Phi) is 4.58. The molecular formula is C18H29N3O3. The van der Waals surface area contributed by atoms with Crippen molar-refractivity contribution >= 4 is 17.8 Å². The third-order valence-corrected chi connectivity index (χ3v) is 6.05. The molecular weight excluding hydrogens is 306 g/mol. The highest BCUT2D eigenvalue weighted by Crippen LogP contribution is 2.49. The number of rotatable bonds is 6. The summed E-state index contributed by atoms with van der Waals surface area (Å²) >= 11 is 0. The Morgan fingerprint density at radius 1 is 1.33 bits per heavy atom. The molecule has 0 unspecified atom stereocenters. The highest BCUT2D eigenvalue weighted by molar-refractivity contribution is 6.06. The topological polar surface area (TPSA) is 78.5 Å². The van der Waals surface area contributed by atoms with Crippen molar-refractivity contribution in [3.05, 3.63) is 0 Å². The van der Waals surface area contributed by atoms with E-state index in [1.165, 1.54) is 30.6 Å². The second kappa shape index (κ2) is 6.37. The lowest BCUT2D eigenvalue weighted by Crippen LogP contribution is -2.41. The number of hydrogen-bond donors (Lipinski definition) is 2. The molecule has 1 saturated heterocycles. The predicted molar refractivity (Wildman–Crippen MR) is 90.1 cm³/mol. The summed E-state index contributed by atoms with van der Waals surface area (Å²) in [6, 6.07) is -0.135. The second-order valence-corrected chi connectivity index (χ2v) is 8.31. The summed E-state index contributed by atoms with van der Waals surface area (Å²) in [5, 5.41) is 5.78. The van der Waals surface area contributed by atoms with Gasteiger partial charge < -0.3 is 10.6 Å². The number of hydrogen-bond acceptors (Lipinski definition) is 3. The van der Waals surface area contributed by atoms with E-state index in [2.05, 4.69) is 17.6 Å². The normalized spacial score (nSPS) is 32.1. The highest BCUT2D eigenvalue weighted by atomic mass is 16.2. The van der Waals surface area contributed by atoms with Crippen molar-refractivity contribution < 1.29 is 14.4 Å². The maximum Gasteiger partial charge on any atom is 0.325 e. The van der Waals surface area contributed by atoms with Crippen molar-refractivity contribution in [1.29, 1.82) is 0 Å². The van der Waals surface area contributed by atoms with Gasteiger partial charge in [0.1, 0.15) is 5.54 Å². The molecule has 4 atom stereocenters. The SMILES string of the molecule is C[C@H](NC(=O)CCCN1C(=O)NC(C)(C)C1=O)[C@H]1C[C@H]2CC[C@H]1C2. The molecule has 3 rings (SSSR count). The van der Waals surface area contributed by atoms with Crippen molar-refractivity contribution in [2.24, 2.45) is 17.8 Å². The first-order valence-corrected chi connectivity index (χ1v) is 9.21. The van der Waals surface area contributed by atoms with Crippen LogP contribution < -0.4 is 10.6 Å². The van der Waals surface area contributed by atoms with Gasteiger partial charge in [-0.1, -0.05) is 6.42 Å². The first-order chi connectivity index (χ1) is 11.3. The summed E-state index contributed by atoms with van der Waals surface area (Å²) < 4.78 is 0. The van der Waals surface area contributed by atoms with Gasteiger partial charge in [-0.2, -0.15) is 0 Å². The zero-order valence-electron chi connectivity index (χ0n) is 14.9. The van der Waals surface area contributed by atoms with Crippen LogP contribution in [0.4, 0.5) is 4.79 Å². The minimum absolute atomic E-state index is 0.0246. The Morgan fingerprint density at radius 2 is 2.08 bits per heavy atom. The molecule has 24 heavy (non-hydrogen) atoms. The van der Waals surface area contributed by atoms with Gasteiger partial charge in [-0.15, -0.1) is 0 Å². The number of fused-ring (bicyclic) bond motifs is 2. The van der Waals surface area contributed by atoms with Gasteiger partial charge in [-0.3, -0.25) is 14.5 Å². The smallest absolute Gasteiger partial charge is 0.325 e. The van der Waals surface area contributed by atoms with Crippen LogP contribution in [0.5, 0.6) is 0 Å². The number of urea groups is 1. The molecule has 2 saturated carbocycles. The van der Waals surface area contributed by atoms with Crippen LogP contribution in [0.1, 0.15) is 59.3 Å². The Labute approximate surface area is 143 Å². The lowest BCUT2D eigenvalue weighted by Gasteiger charge is -2.28. The van der Waals surface area contributed by atoms with Gasteiger partial charge in [0.15, 0.2) is 0 Å². The average molecular weight is 335 g/mol. The minimum atomic E-state index is -0.838. The van der Waals surface area contributed by atoms with Gasteiger partial charge in [0.2, 0.25) is 5.91 Å². The van der Waals surface area contributed by atoms with E-state index < -0.39 is 5.54 Å². The zero-order chi connectivity index (χ0) is 17.5. The first-order valence-electron chi connectivity index (χ1n) is 9.21. The number of nitrogens with zero attached hydrogens (tertiary/aromatic N) is 1. The summed E-state index contributed by atoms with van der Waals surface area (Å²) in [5.41, 5.74) is -0.838. The maximum absolute atomic E-state index is 12.2. The third-order valence-electron chi connectivity index (χ3n) is 6.05. The minimum Gasteiger partial charge on any atom is -0.353 e. The summed E-state index contributed by atoms with van der Waals surface area (Å²) in [5.74, 6) is 2.10. The maximum atomic E-state index is 12.2. The van der Waals surface area contributed by atoms with E-state index in [1.54, 1.807) is 13.8 Å². The zero-order valence-corrected chi connectivity index (χ0v) is 14.9. The van der Waals surface area contributed by atoms with Gasteiger partial charge in [0.05, 0.1) is 0 Å². The number of carbonyl (C=O) groups is 3. The van der Waals surface area contributed by atoms with E-state index in [0.29, 0.717) is 25.3 Å². The van der Waals surface area contributed by atoms with E-state index in [9.17, 15) is 14.4 Å². The fourth-order valence-corrected chi connectivity index (χ4v) is 4.76. The van der Waals surface area contributed by atoms with Crippen LogP contribution in [-0.4, -0.2) is 40.9 Å². The Hall–Kier alpha value is -1.59. The average Bonchev–Trinajstić information content (AvgIpc) is 3.17. The van der Waals surface area contributed by atoms with Crippen LogP contribution >= 0.6 is 0 Å². The largest absolute Gasteiger partial charge is 0.353 e. The van der Waals surface area contributed by atoms with Crippen LogP contribution in [0.25, 0.3) is 0 Å². The van der Waals surface area contributed by atoms with E-state index in [-0.39, 0.29) is 23.9 Å². The molecule has 0 aromatic carbocycles. The lowest BCUT2D eigenvalue weighted by atomic mass is 9.84. The third kappa shape index (κ3) is 3.28. The molecule has 0 aromatic heterocycles. The van der Waals surface area contributed by atoms with Crippen molar-refractivity contribution in [2.75, 3.05) is 6.54 Å². The summed E-state index contributed by atoms with van der Waals surface area (Å²) in [6.07, 6.45) is 6.13. The molecule has 3 fully saturated rings. The first kappa shape index (κ1) is 17.2. The molecule has 3 aliphatic rings. The standard InChI is InChI=1S/C18H29N3O3/c1-11(14-10-12-6-7-13(14)9-12)19-15(22)5-4-8-21-16(23)18(2,3)20-17(21)24/h11-14H,4-10H2,1-3H3,(H,19,22)(H,20,24)/t11-,12-,13-,14+/m0/s1. The predicted octanol–water partition coefficient (Wildman–Crippen LogP) is 2.04. The van der Waals surface area contributed by atoms with E-state index in [1.807, 2.05) is 0 Å². The summed E-state index contributed by atoms with van der Waals surface area (Å²) in [6.45, 7) is 5.79. The molecule has 4 amide bonds. The molecule has 134 valence electrons. The summed E-state index contributed by atoms with van der Waals surface area (Å²) in [7, 11) is 0.